The van der Waals surface area contributed by atoms with Crippen LogP contribution in [-0.4, -0.2) is 31.6 Å². The van der Waals surface area contributed by atoms with Crippen molar-refractivity contribution >= 4 is 11.7 Å². The standard InChI is InChI=1S/C21H23F3N6O/c1-12-15(13(2)29(3)27-12)11-25-20(31)17-10-19-26-16(14-7-5-4-6-8-14)9-18(21(22,23)24)30(19)28-17/h4-8,10,16,18,26H,9,11H2,1-3H3,(H,25,31)/t16-,18+/m1/s1. The van der Waals surface area contributed by atoms with Crippen molar-refractivity contribution in [2.24, 2.45) is 7.05 Å². The zero-order chi connectivity index (χ0) is 22.3. The lowest BCUT2D eigenvalue weighted by Gasteiger charge is -2.33. The molecule has 3 aromatic rings. The number of fused-ring (bicyclic) bond motifs is 1. The number of carbonyl (C=O) groups excluding carboxylic acids is 1. The van der Waals surface area contributed by atoms with Crippen LogP contribution < -0.4 is 10.6 Å². The van der Waals surface area contributed by atoms with Crippen LogP contribution in [0.25, 0.3) is 0 Å². The molecule has 0 aliphatic carbocycles. The number of hydrogen-bond donors (Lipinski definition) is 2. The predicted molar refractivity (Wildman–Crippen MR) is 109 cm³/mol. The number of amides is 1. The van der Waals surface area contributed by atoms with Crippen LogP contribution in [0.15, 0.2) is 36.4 Å². The van der Waals surface area contributed by atoms with Crippen molar-refractivity contribution in [3.8, 4) is 0 Å². The second-order valence-electron chi connectivity index (χ2n) is 7.72. The third-order valence-electron chi connectivity index (χ3n) is 5.71. The van der Waals surface area contributed by atoms with Crippen LogP contribution in [0.2, 0.25) is 0 Å². The van der Waals surface area contributed by atoms with E-state index in [0.717, 1.165) is 27.2 Å². The lowest BCUT2D eigenvalue weighted by molar-refractivity contribution is -0.173. The van der Waals surface area contributed by atoms with E-state index in [9.17, 15) is 18.0 Å². The minimum Gasteiger partial charge on any atom is -0.363 e. The lowest BCUT2D eigenvalue weighted by atomic mass is 9.97. The zero-order valence-electron chi connectivity index (χ0n) is 17.4. The van der Waals surface area contributed by atoms with Crippen LogP contribution in [0.4, 0.5) is 19.0 Å². The highest BCUT2D eigenvalue weighted by molar-refractivity contribution is 5.93. The summed E-state index contributed by atoms with van der Waals surface area (Å²) in [5, 5.41) is 14.1. The highest BCUT2D eigenvalue weighted by atomic mass is 19.4. The molecular formula is C21H23F3N6O. The van der Waals surface area contributed by atoms with Gasteiger partial charge >= 0.3 is 6.18 Å². The van der Waals surface area contributed by atoms with Gasteiger partial charge in [0.25, 0.3) is 5.91 Å². The van der Waals surface area contributed by atoms with Gasteiger partial charge in [-0.1, -0.05) is 30.3 Å². The molecular weight excluding hydrogens is 409 g/mol. The Morgan fingerprint density at radius 3 is 2.55 bits per heavy atom. The molecule has 0 unspecified atom stereocenters. The van der Waals surface area contributed by atoms with E-state index in [1.54, 1.807) is 28.9 Å². The van der Waals surface area contributed by atoms with Gasteiger partial charge in [0.2, 0.25) is 0 Å². The first-order chi connectivity index (χ1) is 14.6. The number of aryl methyl sites for hydroxylation is 2. The Balaban J connectivity index is 1.58. The molecule has 4 rings (SSSR count). The van der Waals surface area contributed by atoms with E-state index in [4.69, 9.17) is 0 Å². The van der Waals surface area contributed by atoms with E-state index in [0.29, 0.717) is 0 Å². The maximum absolute atomic E-state index is 13.8. The molecule has 0 radical (unpaired) electrons. The van der Waals surface area contributed by atoms with Crippen molar-refractivity contribution in [2.75, 3.05) is 5.32 Å². The molecule has 7 nitrogen and oxygen atoms in total. The minimum atomic E-state index is -4.49. The van der Waals surface area contributed by atoms with Crippen LogP contribution >= 0.6 is 0 Å². The van der Waals surface area contributed by atoms with Crippen LogP contribution in [0, 0.1) is 13.8 Å². The van der Waals surface area contributed by atoms with Crippen molar-refractivity contribution in [3.63, 3.8) is 0 Å². The average molecular weight is 432 g/mol. The van der Waals surface area contributed by atoms with Crippen LogP contribution in [0.1, 0.15) is 51.5 Å². The summed E-state index contributed by atoms with van der Waals surface area (Å²) in [5.41, 5.74) is 3.25. The number of nitrogens with one attached hydrogen (secondary N) is 2. The second kappa shape index (κ2) is 7.75. The maximum Gasteiger partial charge on any atom is 0.410 e. The number of alkyl halides is 3. The Morgan fingerprint density at radius 2 is 1.94 bits per heavy atom. The molecule has 2 aromatic heterocycles. The fourth-order valence-corrected chi connectivity index (χ4v) is 3.92. The van der Waals surface area contributed by atoms with Gasteiger partial charge in [-0.3, -0.25) is 9.48 Å². The van der Waals surface area contributed by atoms with Crippen molar-refractivity contribution < 1.29 is 18.0 Å². The quantitative estimate of drug-likeness (QED) is 0.657. The molecule has 0 fully saturated rings. The highest BCUT2D eigenvalue weighted by Gasteiger charge is 2.46. The number of halogens is 3. The Kier molecular flexibility index (Phi) is 5.24. The molecule has 1 aliphatic rings. The smallest absolute Gasteiger partial charge is 0.363 e. The Labute approximate surface area is 177 Å². The summed E-state index contributed by atoms with van der Waals surface area (Å²) >= 11 is 0. The zero-order valence-corrected chi connectivity index (χ0v) is 17.4. The van der Waals surface area contributed by atoms with E-state index in [1.165, 1.54) is 6.07 Å². The molecule has 0 saturated carbocycles. The third kappa shape index (κ3) is 4.01. The number of carbonyl (C=O) groups is 1. The average Bonchev–Trinajstić information content (AvgIpc) is 3.26. The van der Waals surface area contributed by atoms with E-state index in [1.807, 2.05) is 27.0 Å². The maximum atomic E-state index is 13.8. The number of benzene rings is 1. The summed E-state index contributed by atoms with van der Waals surface area (Å²) in [5.74, 6) is -0.371. The number of anilines is 1. The number of nitrogens with zero attached hydrogens (tertiary/aromatic N) is 4. The topological polar surface area (TPSA) is 76.8 Å². The van der Waals surface area contributed by atoms with E-state index in [-0.39, 0.29) is 24.5 Å². The molecule has 2 atom stereocenters. The van der Waals surface area contributed by atoms with Gasteiger partial charge in [0, 0.05) is 37.3 Å². The molecule has 3 heterocycles. The van der Waals surface area contributed by atoms with E-state index < -0.39 is 24.2 Å². The first kappa shape index (κ1) is 21.0. The SMILES string of the molecule is Cc1nn(C)c(C)c1CNC(=O)c1cc2n(n1)[C@H](C(F)(F)F)C[C@H](c1ccccc1)N2. The molecule has 2 N–H and O–H groups in total. The highest BCUT2D eigenvalue weighted by Crippen LogP contribution is 2.43. The van der Waals surface area contributed by atoms with Crippen LogP contribution in [0.5, 0.6) is 0 Å². The molecule has 1 aliphatic heterocycles. The molecule has 31 heavy (non-hydrogen) atoms. The van der Waals surface area contributed by atoms with Gasteiger partial charge in [0.15, 0.2) is 11.7 Å². The summed E-state index contributed by atoms with van der Waals surface area (Å²) in [6.45, 7) is 3.94. The minimum absolute atomic E-state index is 0.0651. The van der Waals surface area contributed by atoms with Crippen LogP contribution in [-0.2, 0) is 13.6 Å². The van der Waals surface area contributed by atoms with E-state index in [2.05, 4.69) is 20.8 Å². The van der Waals surface area contributed by atoms with Gasteiger partial charge in [0.05, 0.1) is 11.7 Å². The van der Waals surface area contributed by atoms with Crippen molar-refractivity contribution in [1.29, 1.82) is 0 Å². The largest absolute Gasteiger partial charge is 0.410 e. The van der Waals surface area contributed by atoms with Gasteiger partial charge in [-0.25, -0.2) is 4.68 Å². The van der Waals surface area contributed by atoms with Crippen molar-refractivity contribution in [1.82, 2.24) is 24.9 Å². The Bertz CT molecular complexity index is 1100. The van der Waals surface area contributed by atoms with Crippen LogP contribution in [0.3, 0.4) is 0 Å². The fraction of sp³-hybridized carbons (Fsp3) is 0.381. The predicted octanol–water partition coefficient (Wildman–Crippen LogP) is 3.82. The summed E-state index contributed by atoms with van der Waals surface area (Å²) in [7, 11) is 1.81. The van der Waals surface area contributed by atoms with Gasteiger partial charge in [0.1, 0.15) is 5.82 Å². The Hall–Kier alpha value is -3.30. The van der Waals surface area contributed by atoms with Gasteiger partial charge in [-0.2, -0.15) is 23.4 Å². The molecule has 0 saturated heterocycles. The van der Waals surface area contributed by atoms with Crippen molar-refractivity contribution in [3.05, 3.63) is 64.6 Å². The normalized spacial score (nSPS) is 18.4. The number of hydrogen-bond acceptors (Lipinski definition) is 4. The Morgan fingerprint density at radius 1 is 1.23 bits per heavy atom. The van der Waals surface area contributed by atoms with Crippen molar-refractivity contribution in [2.45, 2.75) is 45.1 Å². The molecule has 1 aromatic carbocycles. The van der Waals surface area contributed by atoms with Gasteiger partial charge < -0.3 is 10.6 Å². The molecule has 164 valence electrons. The van der Waals surface area contributed by atoms with Gasteiger partial charge in [-0.15, -0.1) is 0 Å². The summed E-state index contributed by atoms with van der Waals surface area (Å²) in [4.78, 5) is 12.6. The second-order valence-corrected chi connectivity index (χ2v) is 7.72. The monoisotopic (exact) mass is 432 g/mol. The third-order valence-corrected chi connectivity index (χ3v) is 5.71. The molecule has 0 spiro atoms. The first-order valence-electron chi connectivity index (χ1n) is 9.90. The molecule has 1 amide bonds. The molecule has 10 heteroatoms. The number of aromatic nitrogens is 4. The first-order valence-corrected chi connectivity index (χ1v) is 9.90. The summed E-state index contributed by atoms with van der Waals surface area (Å²) < 4.78 is 43.9. The summed E-state index contributed by atoms with van der Waals surface area (Å²) in [6.07, 6.45) is -4.70. The van der Waals surface area contributed by atoms with Gasteiger partial charge in [-0.05, 0) is 19.4 Å². The lowest BCUT2D eigenvalue weighted by Crippen LogP contribution is -2.35. The molecule has 0 bridgehead atoms. The number of rotatable bonds is 4. The van der Waals surface area contributed by atoms with E-state index >= 15 is 0 Å². The summed E-state index contributed by atoms with van der Waals surface area (Å²) in [6, 6.07) is 7.96. The fourth-order valence-electron chi connectivity index (χ4n) is 3.92.